The maximum atomic E-state index is 14.0. The van der Waals surface area contributed by atoms with Crippen molar-refractivity contribution in [1.29, 1.82) is 0 Å². The number of halogens is 1. The molecule has 0 spiro atoms. The largest absolute Gasteiger partial charge is 0.481 e. The highest BCUT2D eigenvalue weighted by Crippen LogP contribution is 2.23. The molecule has 3 rings (SSSR count). The van der Waals surface area contributed by atoms with E-state index in [0.29, 0.717) is 23.4 Å². The molecule has 3 aromatic rings. The highest BCUT2D eigenvalue weighted by atomic mass is 19.1. The number of carbonyl (C=O) groups is 1. The Kier molecular flexibility index (Phi) is 4.19. The number of aromatic nitrogens is 2. The van der Waals surface area contributed by atoms with Crippen LogP contribution in [0.4, 0.5) is 4.39 Å². The first-order chi connectivity index (χ1) is 11.1. The first kappa shape index (κ1) is 15.0. The fourth-order valence-electron chi connectivity index (χ4n) is 2.42. The van der Waals surface area contributed by atoms with Crippen molar-refractivity contribution in [3.63, 3.8) is 0 Å². The summed E-state index contributed by atoms with van der Waals surface area (Å²) in [6.07, 6.45) is 1.64. The van der Waals surface area contributed by atoms with E-state index in [1.165, 1.54) is 12.1 Å². The molecule has 2 aromatic carbocycles. The summed E-state index contributed by atoms with van der Waals surface area (Å²) in [4.78, 5) is 10.8. The van der Waals surface area contributed by atoms with E-state index in [-0.39, 0.29) is 6.42 Å². The first-order valence-corrected chi connectivity index (χ1v) is 7.20. The van der Waals surface area contributed by atoms with Gasteiger partial charge < -0.3 is 5.11 Å². The summed E-state index contributed by atoms with van der Waals surface area (Å²) in [5, 5.41) is 13.2. The molecule has 0 bridgehead atoms. The van der Waals surface area contributed by atoms with Gasteiger partial charge in [0.2, 0.25) is 0 Å². The fourth-order valence-corrected chi connectivity index (χ4v) is 2.42. The normalized spacial score (nSPS) is 10.7. The molecule has 116 valence electrons. The van der Waals surface area contributed by atoms with Crippen molar-refractivity contribution < 1.29 is 14.3 Å². The minimum absolute atomic E-state index is 0.141. The zero-order valence-electron chi connectivity index (χ0n) is 12.3. The topological polar surface area (TPSA) is 55.1 Å². The SMILES string of the molecule is O=C(O)Cc1ccc(F)c(-c2ccn(Cc3ccccc3)n2)c1. The van der Waals surface area contributed by atoms with Crippen molar-refractivity contribution in [2.75, 3.05) is 0 Å². The van der Waals surface area contributed by atoms with Gasteiger partial charge in [-0.25, -0.2) is 4.39 Å². The van der Waals surface area contributed by atoms with Crippen LogP contribution in [0.15, 0.2) is 60.8 Å². The van der Waals surface area contributed by atoms with Crippen LogP contribution >= 0.6 is 0 Å². The van der Waals surface area contributed by atoms with Crippen LogP contribution in [-0.4, -0.2) is 20.9 Å². The van der Waals surface area contributed by atoms with Gasteiger partial charge in [-0.1, -0.05) is 36.4 Å². The first-order valence-electron chi connectivity index (χ1n) is 7.20. The standard InChI is InChI=1S/C18H15FN2O2/c19-16-7-6-14(11-18(22)23)10-15(16)17-8-9-21(20-17)12-13-4-2-1-3-5-13/h1-10H,11-12H2,(H,22,23). The van der Waals surface area contributed by atoms with E-state index in [0.717, 1.165) is 5.56 Å². The van der Waals surface area contributed by atoms with Crippen molar-refractivity contribution >= 4 is 5.97 Å². The van der Waals surface area contributed by atoms with Crippen LogP contribution in [0.2, 0.25) is 0 Å². The number of carboxylic acids is 1. The lowest BCUT2D eigenvalue weighted by Gasteiger charge is -2.04. The Morgan fingerprint density at radius 3 is 2.61 bits per heavy atom. The minimum atomic E-state index is -0.947. The number of nitrogens with zero attached hydrogens (tertiary/aromatic N) is 2. The van der Waals surface area contributed by atoms with Crippen LogP contribution < -0.4 is 0 Å². The van der Waals surface area contributed by atoms with Gasteiger partial charge in [-0.3, -0.25) is 9.48 Å². The van der Waals surface area contributed by atoms with E-state index >= 15 is 0 Å². The van der Waals surface area contributed by atoms with E-state index < -0.39 is 11.8 Å². The third-order valence-corrected chi connectivity index (χ3v) is 3.49. The molecule has 1 aromatic heterocycles. The van der Waals surface area contributed by atoms with E-state index in [2.05, 4.69) is 5.10 Å². The van der Waals surface area contributed by atoms with Crippen LogP contribution in [0.3, 0.4) is 0 Å². The van der Waals surface area contributed by atoms with Gasteiger partial charge in [0, 0.05) is 11.8 Å². The third-order valence-electron chi connectivity index (χ3n) is 3.49. The smallest absolute Gasteiger partial charge is 0.307 e. The monoisotopic (exact) mass is 310 g/mol. The molecule has 0 saturated carbocycles. The summed E-state index contributed by atoms with van der Waals surface area (Å²) in [5.74, 6) is -1.36. The summed E-state index contributed by atoms with van der Waals surface area (Å²) >= 11 is 0. The quantitative estimate of drug-likeness (QED) is 0.786. The lowest BCUT2D eigenvalue weighted by atomic mass is 10.1. The molecule has 0 aliphatic carbocycles. The zero-order valence-corrected chi connectivity index (χ0v) is 12.3. The van der Waals surface area contributed by atoms with Crippen LogP contribution in [0.25, 0.3) is 11.3 Å². The molecule has 5 heteroatoms. The summed E-state index contributed by atoms with van der Waals surface area (Å²) in [5.41, 5.74) is 2.45. The Balaban J connectivity index is 1.86. The molecule has 4 nitrogen and oxygen atoms in total. The lowest BCUT2D eigenvalue weighted by molar-refractivity contribution is -0.136. The predicted molar refractivity (Wildman–Crippen MR) is 84.5 cm³/mol. The summed E-state index contributed by atoms with van der Waals surface area (Å²) < 4.78 is 15.8. The highest BCUT2D eigenvalue weighted by molar-refractivity contribution is 5.71. The molecule has 1 heterocycles. The van der Waals surface area contributed by atoms with Gasteiger partial charge >= 0.3 is 5.97 Å². The van der Waals surface area contributed by atoms with Crippen molar-refractivity contribution in [3.05, 3.63) is 77.7 Å². The third kappa shape index (κ3) is 3.63. The van der Waals surface area contributed by atoms with E-state index in [4.69, 9.17) is 5.11 Å². The fraction of sp³-hybridized carbons (Fsp3) is 0.111. The molecule has 0 unspecified atom stereocenters. The highest BCUT2D eigenvalue weighted by Gasteiger charge is 2.11. The van der Waals surface area contributed by atoms with Gasteiger partial charge in [-0.15, -0.1) is 0 Å². The molecule has 23 heavy (non-hydrogen) atoms. The van der Waals surface area contributed by atoms with Crippen LogP contribution in [0, 0.1) is 5.82 Å². The van der Waals surface area contributed by atoms with Crippen LogP contribution in [-0.2, 0) is 17.8 Å². The van der Waals surface area contributed by atoms with Gasteiger partial charge in [0.1, 0.15) is 5.82 Å². The number of rotatable bonds is 5. The lowest BCUT2D eigenvalue weighted by Crippen LogP contribution is -2.02. The average Bonchev–Trinajstić information content (AvgIpc) is 2.98. The van der Waals surface area contributed by atoms with E-state index in [1.54, 1.807) is 23.0 Å². The summed E-state index contributed by atoms with van der Waals surface area (Å²) in [6.45, 7) is 0.595. The van der Waals surface area contributed by atoms with Crippen molar-refractivity contribution in [2.45, 2.75) is 13.0 Å². The Morgan fingerprint density at radius 1 is 1.09 bits per heavy atom. The van der Waals surface area contributed by atoms with E-state index in [9.17, 15) is 9.18 Å². The van der Waals surface area contributed by atoms with E-state index in [1.807, 2.05) is 30.3 Å². The molecule has 0 aliphatic heterocycles. The zero-order chi connectivity index (χ0) is 16.2. The van der Waals surface area contributed by atoms with Crippen LogP contribution in [0.5, 0.6) is 0 Å². The van der Waals surface area contributed by atoms with Crippen molar-refractivity contribution in [1.82, 2.24) is 9.78 Å². The minimum Gasteiger partial charge on any atom is -0.481 e. The van der Waals surface area contributed by atoms with Crippen LogP contribution in [0.1, 0.15) is 11.1 Å². The van der Waals surface area contributed by atoms with Gasteiger partial charge in [0.05, 0.1) is 18.7 Å². The Labute approximate surface area is 132 Å². The number of hydrogen-bond donors (Lipinski definition) is 1. The van der Waals surface area contributed by atoms with Gasteiger partial charge in [0.15, 0.2) is 0 Å². The summed E-state index contributed by atoms with van der Waals surface area (Å²) in [7, 11) is 0. The Hall–Kier alpha value is -2.95. The van der Waals surface area contributed by atoms with Gasteiger partial charge in [-0.2, -0.15) is 5.10 Å². The molecule has 0 radical (unpaired) electrons. The van der Waals surface area contributed by atoms with Gasteiger partial charge in [0.25, 0.3) is 0 Å². The molecular formula is C18H15FN2O2. The second-order valence-electron chi connectivity index (χ2n) is 5.27. The number of carboxylic acid groups (broad SMARTS) is 1. The van der Waals surface area contributed by atoms with Crippen molar-refractivity contribution in [2.24, 2.45) is 0 Å². The molecule has 1 N–H and O–H groups in total. The molecular weight excluding hydrogens is 295 g/mol. The number of benzene rings is 2. The summed E-state index contributed by atoms with van der Waals surface area (Å²) in [6, 6.07) is 15.9. The molecule has 0 aliphatic rings. The number of aliphatic carboxylic acids is 1. The second-order valence-corrected chi connectivity index (χ2v) is 5.27. The van der Waals surface area contributed by atoms with Gasteiger partial charge in [-0.05, 0) is 29.3 Å². The maximum Gasteiger partial charge on any atom is 0.307 e. The predicted octanol–water partition coefficient (Wildman–Crippen LogP) is 3.36. The molecule has 0 fully saturated rings. The number of hydrogen-bond acceptors (Lipinski definition) is 2. The van der Waals surface area contributed by atoms with Crippen molar-refractivity contribution in [3.8, 4) is 11.3 Å². The Bertz CT molecular complexity index is 828. The maximum absolute atomic E-state index is 14.0. The average molecular weight is 310 g/mol. The molecule has 0 amide bonds. The molecule has 0 saturated heterocycles. The second kappa shape index (κ2) is 6.44. The Morgan fingerprint density at radius 2 is 1.87 bits per heavy atom. The molecule has 0 atom stereocenters.